The Morgan fingerprint density at radius 1 is 1.09 bits per heavy atom. The second kappa shape index (κ2) is 9.86. The average Bonchev–Trinajstić information content (AvgIpc) is 3.03. The Labute approximate surface area is 211 Å². The standard InChI is InChI=1S/C30H46O5/c1-18(2)22-8-9-25-24(28(22,5)13-12-26(32)33)11-15-29(6)23(10-14-30(25,29)7)19(3)16-21(31)17-20(4)27(34)35/h9,19-20,22-24H,1,8,10-17H2,2-7H3,(H,32,33)(H,34,35). The zero-order valence-electron chi connectivity index (χ0n) is 22.7. The van der Waals surface area contributed by atoms with Crippen LogP contribution in [0.2, 0.25) is 0 Å². The molecule has 3 aliphatic rings. The minimum atomic E-state index is -0.909. The van der Waals surface area contributed by atoms with Crippen LogP contribution in [0.4, 0.5) is 0 Å². The highest BCUT2D eigenvalue weighted by Gasteiger charge is 2.63. The SMILES string of the molecule is C=C(C)C1CC=C2C(CCC3(C)C(C(C)CC(=O)CC(C)C(=O)O)CCC23C)C1(C)CCC(=O)O. The topological polar surface area (TPSA) is 91.7 Å². The summed E-state index contributed by atoms with van der Waals surface area (Å²) >= 11 is 0. The number of carboxylic acid groups (broad SMARTS) is 2. The molecule has 3 aliphatic carbocycles. The second-order valence-electron chi connectivity index (χ2n) is 12.8. The Morgan fingerprint density at radius 2 is 1.74 bits per heavy atom. The highest BCUT2D eigenvalue weighted by molar-refractivity contribution is 5.83. The number of hydrogen-bond donors (Lipinski definition) is 2. The van der Waals surface area contributed by atoms with Crippen LogP contribution in [-0.2, 0) is 14.4 Å². The highest BCUT2D eigenvalue weighted by atomic mass is 16.4. The molecular formula is C30H46O5. The lowest BCUT2D eigenvalue weighted by Crippen LogP contribution is -2.52. The molecule has 2 fully saturated rings. The molecule has 0 aromatic carbocycles. The molecule has 0 saturated heterocycles. The molecule has 5 nitrogen and oxygen atoms in total. The van der Waals surface area contributed by atoms with Gasteiger partial charge in [-0.05, 0) is 85.4 Å². The molecule has 0 radical (unpaired) electrons. The van der Waals surface area contributed by atoms with Crippen LogP contribution in [0, 0.1) is 45.8 Å². The van der Waals surface area contributed by atoms with Gasteiger partial charge in [0.1, 0.15) is 5.78 Å². The summed E-state index contributed by atoms with van der Waals surface area (Å²) in [5.41, 5.74) is 2.69. The minimum absolute atomic E-state index is 0.0385. The summed E-state index contributed by atoms with van der Waals surface area (Å²) in [4.78, 5) is 35.4. The summed E-state index contributed by atoms with van der Waals surface area (Å²) in [5.74, 6) is -0.914. The van der Waals surface area contributed by atoms with Crippen LogP contribution in [0.1, 0.15) is 99.3 Å². The molecule has 0 aromatic rings. The van der Waals surface area contributed by atoms with E-state index in [4.69, 9.17) is 0 Å². The largest absolute Gasteiger partial charge is 0.481 e. The Bertz CT molecular complexity index is 918. The minimum Gasteiger partial charge on any atom is -0.481 e. The summed E-state index contributed by atoms with van der Waals surface area (Å²) < 4.78 is 0. The van der Waals surface area contributed by atoms with E-state index in [9.17, 15) is 24.6 Å². The van der Waals surface area contributed by atoms with Gasteiger partial charge in [-0.25, -0.2) is 0 Å². The van der Waals surface area contributed by atoms with Crippen LogP contribution < -0.4 is 0 Å². The van der Waals surface area contributed by atoms with Crippen LogP contribution in [0.5, 0.6) is 0 Å². The number of carboxylic acids is 2. The van der Waals surface area contributed by atoms with Crippen molar-refractivity contribution in [2.75, 3.05) is 0 Å². The molecule has 3 rings (SSSR count). The fourth-order valence-corrected chi connectivity index (χ4v) is 8.60. The lowest BCUT2D eigenvalue weighted by molar-refractivity contribution is -0.143. The third-order valence-corrected chi connectivity index (χ3v) is 10.8. The monoisotopic (exact) mass is 486 g/mol. The van der Waals surface area contributed by atoms with E-state index in [0.29, 0.717) is 30.6 Å². The van der Waals surface area contributed by atoms with E-state index in [2.05, 4.69) is 47.3 Å². The summed E-state index contributed by atoms with van der Waals surface area (Å²) in [7, 11) is 0. The lowest BCUT2D eigenvalue weighted by atomic mass is 9.44. The molecular weight excluding hydrogens is 440 g/mol. The molecule has 0 aromatic heterocycles. The smallest absolute Gasteiger partial charge is 0.306 e. The van der Waals surface area contributed by atoms with Gasteiger partial charge < -0.3 is 10.2 Å². The quantitative estimate of drug-likeness (QED) is 0.327. The normalized spacial score (nSPS) is 38.0. The third-order valence-electron chi connectivity index (χ3n) is 10.8. The van der Waals surface area contributed by atoms with Crippen LogP contribution in [-0.4, -0.2) is 27.9 Å². The maximum Gasteiger partial charge on any atom is 0.306 e. The number of allylic oxidation sites excluding steroid dienone is 3. The second-order valence-corrected chi connectivity index (χ2v) is 12.8. The van der Waals surface area contributed by atoms with E-state index in [1.54, 1.807) is 6.92 Å². The van der Waals surface area contributed by atoms with Gasteiger partial charge in [-0.15, -0.1) is 0 Å². The van der Waals surface area contributed by atoms with Crippen LogP contribution in [0.15, 0.2) is 23.8 Å². The van der Waals surface area contributed by atoms with Gasteiger partial charge >= 0.3 is 11.9 Å². The van der Waals surface area contributed by atoms with Gasteiger partial charge in [0.05, 0.1) is 5.92 Å². The molecule has 0 amide bonds. The van der Waals surface area contributed by atoms with E-state index in [0.717, 1.165) is 37.7 Å². The number of Topliss-reactive ketones (excluding diaryl/α,β-unsaturated/α-hetero) is 1. The summed E-state index contributed by atoms with van der Waals surface area (Å²) in [6.45, 7) is 17.3. The number of carbonyl (C=O) groups is 3. The van der Waals surface area contributed by atoms with E-state index < -0.39 is 17.9 Å². The van der Waals surface area contributed by atoms with Gasteiger partial charge in [-0.3, -0.25) is 14.4 Å². The Kier molecular flexibility index (Phi) is 7.80. The van der Waals surface area contributed by atoms with Gasteiger partial charge in [-0.2, -0.15) is 0 Å². The van der Waals surface area contributed by atoms with E-state index >= 15 is 0 Å². The van der Waals surface area contributed by atoms with Crippen LogP contribution >= 0.6 is 0 Å². The van der Waals surface area contributed by atoms with Gasteiger partial charge in [0, 0.05) is 19.3 Å². The maximum absolute atomic E-state index is 12.7. The van der Waals surface area contributed by atoms with Crippen molar-refractivity contribution in [3.63, 3.8) is 0 Å². The maximum atomic E-state index is 12.7. The number of ketones is 1. The summed E-state index contributed by atoms with van der Waals surface area (Å²) in [5, 5.41) is 18.7. The molecule has 8 unspecified atom stereocenters. The first-order valence-electron chi connectivity index (χ1n) is 13.5. The average molecular weight is 487 g/mol. The molecule has 196 valence electrons. The number of aliphatic carboxylic acids is 2. The fourth-order valence-electron chi connectivity index (χ4n) is 8.60. The van der Waals surface area contributed by atoms with Crippen molar-refractivity contribution < 1.29 is 24.6 Å². The van der Waals surface area contributed by atoms with Gasteiger partial charge in [0.15, 0.2) is 0 Å². The van der Waals surface area contributed by atoms with Gasteiger partial charge in [0.2, 0.25) is 0 Å². The van der Waals surface area contributed by atoms with E-state index in [1.165, 1.54) is 5.57 Å². The summed E-state index contributed by atoms with van der Waals surface area (Å²) in [6.07, 6.45) is 9.10. The zero-order chi connectivity index (χ0) is 26.3. The van der Waals surface area contributed by atoms with Crippen molar-refractivity contribution in [2.24, 2.45) is 45.8 Å². The number of rotatable bonds is 10. The van der Waals surface area contributed by atoms with Crippen molar-refractivity contribution >= 4 is 17.7 Å². The summed E-state index contributed by atoms with van der Waals surface area (Å²) in [6, 6.07) is 0. The number of fused-ring (bicyclic) bond motifs is 3. The van der Waals surface area contributed by atoms with E-state index in [1.807, 2.05) is 0 Å². The van der Waals surface area contributed by atoms with Crippen molar-refractivity contribution in [3.8, 4) is 0 Å². The number of carbonyl (C=O) groups excluding carboxylic acids is 1. The van der Waals surface area contributed by atoms with Gasteiger partial charge in [-0.1, -0.05) is 58.4 Å². The molecule has 0 heterocycles. The molecule has 2 saturated carbocycles. The Hall–Kier alpha value is -1.91. The Balaban J connectivity index is 1.86. The predicted octanol–water partition coefficient (Wildman–Crippen LogP) is 6.92. The van der Waals surface area contributed by atoms with Gasteiger partial charge in [0.25, 0.3) is 0 Å². The molecule has 8 atom stereocenters. The van der Waals surface area contributed by atoms with Crippen molar-refractivity contribution in [2.45, 2.75) is 99.3 Å². The first-order chi connectivity index (χ1) is 16.2. The predicted molar refractivity (Wildman–Crippen MR) is 138 cm³/mol. The van der Waals surface area contributed by atoms with Crippen LogP contribution in [0.25, 0.3) is 0 Å². The number of hydrogen-bond acceptors (Lipinski definition) is 3. The molecule has 5 heteroatoms. The molecule has 0 bridgehead atoms. The van der Waals surface area contributed by atoms with Crippen molar-refractivity contribution in [1.82, 2.24) is 0 Å². The van der Waals surface area contributed by atoms with E-state index in [-0.39, 0.29) is 40.8 Å². The van der Waals surface area contributed by atoms with Crippen molar-refractivity contribution in [1.29, 1.82) is 0 Å². The first-order valence-corrected chi connectivity index (χ1v) is 13.5. The molecule has 35 heavy (non-hydrogen) atoms. The fraction of sp³-hybridized carbons (Fsp3) is 0.767. The van der Waals surface area contributed by atoms with Crippen LogP contribution in [0.3, 0.4) is 0 Å². The molecule has 0 spiro atoms. The first kappa shape index (κ1) is 27.7. The zero-order valence-corrected chi connectivity index (χ0v) is 22.7. The third kappa shape index (κ3) is 4.76. The lowest BCUT2D eigenvalue weighted by Gasteiger charge is -2.60. The molecule has 0 aliphatic heterocycles. The highest BCUT2D eigenvalue weighted by Crippen LogP contribution is 2.71. The molecule has 2 N–H and O–H groups in total. The van der Waals surface area contributed by atoms with Crippen molar-refractivity contribution in [3.05, 3.63) is 23.8 Å². The Morgan fingerprint density at radius 3 is 2.31 bits per heavy atom.